The van der Waals surface area contributed by atoms with Gasteiger partial charge in [-0.3, -0.25) is 5.32 Å². The molecule has 2 aromatic rings. The number of aromatic amines is 1. The molecule has 2 heterocycles. The maximum absolute atomic E-state index is 12.1. The zero-order valence-corrected chi connectivity index (χ0v) is 18.7. The zero-order chi connectivity index (χ0) is 21.3. The average Bonchev–Trinajstić information content (AvgIpc) is 3.18. The van der Waals surface area contributed by atoms with Crippen molar-refractivity contribution in [2.24, 2.45) is 0 Å². The second kappa shape index (κ2) is 11.2. The molecule has 1 aliphatic heterocycles. The lowest BCUT2D eigenvalue weighted by atomic mass is 9.88. The van der Waals surface area contributed by atoms with Crippen molar-refractivity contribution in [3.8, 4) is 0 Å². The molecule has 1 saturated heterocycles. The number of piperidine rings is 1. The third-order valence-corrected chi connectivity index (χ3v) is 6.31. The Morgan fingerprint density at radius 1 is 1.23 bits per heavy atom. The van der Waals surface area contributed by atoms with Gasteiger partial charge in [0.1, 0.15) is 0 Å². The number of carbonyl (C=O) groups excluding carboxylic acids is 1. The van der Waals surface area contributed by atoms with Crippen molar-refractivity contribution in [3.63, 3.8) is 0 Å². The Balaban J connectivity index is 1.61. The topological polar surface area (TPSA) is 57.4 Å². The molecule has 0 saturated carbocycles. The van der Waals surface area contributed by atoms with Crippen LogP contribution in [0.2, 0.25) is 0 Å². The molecule has 0 radical (unpaired) electrons. The molecule has 0 atom stereocenters. The Bertz CT molecular complexity index is 830. The van der Waals surface area contributed by atoms with E-state index in [4.69, 9.17) is 4.74 Å². The maximum atomic E-state index is 12.1. The predicted octanol–water partition coefficient (Wildman–Crippen LogP) is 6.44. The number of nitrogens with one attached hydrogen (secondary N) is 2. The number of rotatable bonds is 9. The fourth-order valence-electron chi connectivity index (χ4n) is 4.60. The van der Waals surface area contributed by atoms with Crippen LogP contribution in [0.25, 0.3) is 10.9 Å². The van der Waals surface area contributed by atoms with Gasteiger partial charge >= 0.3 is 6.09 Å². The second-order valence-corrected chi connectivity index (χ2v) is 8.21. The molecule has 0 aliphatic carbocycles. The zero-order valence-electron chi connectivity index (χ0n) is 18.7. The number of amides is 1. The summed E-state index contributed by atoms with van der Waals surface area (Å²) in [7, 11) is 0. The first kappa shape index (κ1) is 22.4. The molecule has 1 fully saturated rings. The van der Waals surface area contributed by atoms with E-state index in [1.54, 1.807) is 0 Å². The first-order valence-corrected chi connectivity index (χ1v) is 11.6. The lowest BCUT2D eigenvalue weighted by Gasteiger charge is -2.37. The van der Waals surface area contributed by atoms with Crippen LogP contribution in [0.5, 0.6) is 0 Å². The Labute approximate surface area is 180 Å². The summed E-state index contributed by atoms with van der Waals surface area (Å²) in [5, 5.41) is 4.08. The number of H-pyrrole nitrogens is 1. The van der Waals surface area contributed by atoms with Crippen LogP contribution in [-0.4, -0.2) is 41.7 Å². The van der Waals surface area contributed by atoms with Crippen molar-refractivity contribution in [2.45, 2.75) is 71.3 Å². The average molecular weight is 412 g/mol. The van der Waals surface area contributed by atoms with E-state index < -0.39 is 6.09 Å². The Hall–Kier alpha value is -2.27. The van der Waals surface area contributed by atoms with Gasteiger partial charge in [-0.25, -0.2) is 4.79 Å². The number of hydrogen-bond acceptors (Lipinski definition) is 3. The van der Waals surface area contributed by atoms with E-state index in [0.717, 1.165) is 24.0 Å². The summed E-state index contributed by atoms with van der Waals surface area (Å²) in [6.07, 6.45) is 12.5. The predicted molar refractivity (Wildman–Crippen MR) is 125 cm³/mol. The van der Waals surface area contributed by atoms with Crippen molar-refractivity contribution < 1.29 is 9.53 Å². The molecule has 5 nitrogen and oxygen atoms in total. The van der Waals surface area contributed by atoms with Gasteiger partial charge in [-0.1, -0.05) is 32.9 Å². The SMILES string of the molecule is CCC=CCCOC(=O)Nc1ccc2[nH]cc(C3CCN(C(CC)CC)CC3)c2c1. The summed E-state index contributed by atoms with van der Waals surface area (Å²) in [6.45, 7) is 9.41. The number of benzene rings is 1. The third kappa shape index (κ3) is 5.66. The van der Waals surface area contributed by atoms with E-state index in [-0.39, 0.29) is 0 Å². The molecular weight excluding hydrogens is 374 g/mol. The monoisotopic (exact) mass is 411 g/mol. The van der Waals surface area contributed by atoms with Gasteiger partial charge in [0.15, 0.2) is 0 Å². The number of nitrogens with zero attached hydrogens (tertiary/aromatic N) is 1. The minimum absolute atomic E-state index is 0.394. The minimum atomic E-state index is -0.394. The largest absolute Gasteiger partial charge is 0.449 e. The van der Waals surface area contributed by atoms with Crippen molar-refractivity contribution >= 4 is 22.7 Å². The number of aromatic nitrogens is 1. The maximum Gasteiger partial charge on any atom is 0.411 e. The third-order valence-electron chi connectivity index (χ3n) is 6.31. The molecule has 0 unspecified atom stereocenters. The van der Waals surface area contributed by atoms with Crippen LogP contribution in [0.15, 0.2) is 36.5 Å². The minimum Gasteiger partial charge on any atom is -0.449 e. The Morgan fingerprint density at radius 2 is 2.00 bits per heavy atom. The second-order valence-electron chi connectivity index (χ2n) is 8.21. The van der Waals surface area contributed by atoms with Gasteiger partial charge < -0.3 is 14.6 Å². The highest BCUT2D eigenvalue weighted by Gasteiger charge is 2.25. The standard InChI is InChI=1S/C25H37N3O2/c1-4-7-8-9-16-30-25(29)27-20-10-11-24-22(17-20)23(18-26-24)19-12-14-28(15-13-19)21(5-2)6-3/h7-8,10-11,17-19,21,26H,4-6,9,12-16H2,1-3H3,(H,27,29). The van der Waals surface area contributed by atoms with Crippen molar-refractivity contribution in [1.29, 1.82) is 0 Å². The molecule has 1 aromatic carbocycles. The fraction of sp³-hybridized carbons (Fsp3) is 0.560. The van der Waals surface area contributed by atoms with Crippen LogP contribution in [0.3, 0.4) is 0 Å². The molecule has 1 amide bonds. The molecule has 1 aliphatic rings. The van der Waals surface area contributed by atoms with Crippen LogP contribution < -0.4 is 5.32 Å². The summed E-state index contributed by atoms with van der Waals surface area (Å²) in [4.78, 5) is 18.2. The first-order chi connectivity index (χ1) is 14.7. The van der Waals surface area contributed by atoms with Crippen LogP contribution in [0.4, 0.5) is 10.5 Å². The lowest BCUT2D eigenvalue weighted by molar-refractivity contribution is 0.144. The number of carbonyl (C=O) groups is 1. The van der Waals surface area contributed by atoms with E-state index in [0.29, 0.717) is 18.6 Å². The van der Waals surface area contributed by atoms with E-state index in [9.17, 15) is 4.79 Å². The van der Waals surface area contributed by atoms with Crippen molar-refractivity contribution in [1.82, 2.24) is 9.88 Å². The van der Waals surface area contributed by atoms with Gasteiger partial charge in [0.25, 0.3) is 0 Å². The summed E-state index contributed by atoms with van der Waals surface area (Å²) in [5.41, 5.74) is 3.28. The Morgan fingerprint density at radius 3 is 2.70 bits per heavy atom. The normalized spacial score (nSPS) is 16.0. The molecule has 1 aromatic heterocycles. The quantitative estimate of drug-likeness (QED) is 0.369. The molecule has 3 rings (SSSR count). The van der Waals surface area contributed by atoms with Gasteiger partial charge in [-0.15, -0.1) is 0 Å². The molecular formula is C25H37N3O2. The summed E-state index contributed by atoms with van der Waals surface area (Å²) in [5.74, 6) is 0.567. The van der Waals surface area contributed by atoms with Crippen LogP contribution >= 0.6 is 0 Å². The van der Waals surface area contributed by atoms with Crippen molar-refractivity contribution in [3.05, 3.63) is 42.1 Å². The molecule has 30 heavy (non-hydrogen) atoms. The summed E-state index contributed by atoms with van der Waals surface area (Å²) in [6, 6.07) is 6.76. The molecule has 0 bridgehead atoms. The summed E-state index contributed by atoms with van der Waals surface area (Å²) >= 11 is 0. The van der Waals surface area contributed by atoms with Crippen LogP contribution in [-0.2, 0) is 4.74 Å². The number of allylic oxidation sites excluding steroid dienone is 1. The number of fused-ring (bicyclic) bond motifs is 1. The van der Waals surface area contributed by atoms with E-state index in [1.807, 2.05) is 18.2 Å². The van der Waals surface area contributed by atoms with Crippen LogP contribution in [0.1, 0.15) is 70.8 Å². The number of ether oxygens (including phenoxy) is 1. The van der Waals surface area contributed by atoms with Crippen LogP contribution in [0, 0.1) is 0 Å². The smallest absolute Gasteiger partial charge is 0.411 e. The highest BCUT2D eigenvalue weighted by molar-refractivity contribution is 5.91. The van der Waals surface area contributed by atoms with Crippen molar-refractivity contribution in [2.75, 3.05) is 25.0 Å². The highest BCUT2D eigenvalue weighted by Crippen LogP contribution is 2.35. The number of likely N-dealkylation sites (tertiary alicyclic amines) is 1. The van der Waals surface area contributed by atoms with Gasteiger partial charge in [0.2, 0.25) is 0 Å². The van der Waals surface area contributed by atoms with E-state index in [2.05, 4.69) is 54.3 Å². The first-order valence-electron chi connectivity index (χ1n) is 11.6. The molecule has 2 N–H and O–H groups in total. The summed E-state index contributed by atoms with van der Waals surface area (Å²) < 4.78 is 5.27. The molecule has 0 spiro atoms. The molecule has 5 heteroatoms. The van der Waals surface area contributed by atoms with Gasteiger partial charge in [0.05, 0.1) is 6.61 Å². The number of hydrogen-bond donors (Lipinski definition) is 2. The fourth-order valence-corrected chi connectivity index (χ4v) is 4.60. The van der Waals surface area contributed by atoms with Gasteiger partial charge in [-0.2, -0.15) is 0 Å². The van der Waals surface area contributed by atoms with Gasteiger partial charge in [-0.05, 0) is 81.3 Å². The highest BCUT2D eigenvalue weighted by atomic mass is 16.5. The van der Waals surface area contributed by atoms with Gasteiger partial charge in [0, 0.05) is 28.8 Å². The number of anilines is 1. The molecule has 164 valence electrons. The Kier molecular flexibility index (Phi) is 8.38. The van der Waals surface area contributed by atoms with E-state index >= 15 is 0 Å². The van der Waals surface area contributed by atoms with E-state index in [1.165, 1.54) is 49.7 Å². The lowest BCUT2D eigenvalue weighted by Crippen LogP contribution is -2.40.